The van der Waals surface area contributed by atoms with Gasteiger partial charge in [-0.2, -0.15) is 0 Å². The van der Waals surface area contributed by atoms with Crippen molar-refractivity contribution in [3.05, 3.63) is 16.1 Å². The molecule has 5 rings (SSSR count). The standard InChI is InChI=1S/C33H51N5O5S/c1-20(43-15-21-11-9-8-10-12-21)24(28(40)34-7)36-27(39)23-14-37(30(42)25-26(31(2,3)4)35-19-44-25)16-33(23)17-38(18-33)29(41)22-13-32(22,5)6/h19-24H,8-18H2,1-7H3,(H,34,40)(H,36,39)/t20-,22-,23+,24+/m1/s1. The molecule has 1 aromatic heterocycles. The molecule has 244 valence electrons. The van der Waals surface area contributed by atoms with Crippen LogP contribution in [0.1, 0.15) is 95.4 Å². The molecule has 2 saturated carbocycles. The quantitative estimate of drug-likeness (QED) is 0.431. The molecule has 4 atom stereocenters. The molecular formula is C33H51N5O5S. The molecule has 2 saturated heterocycles. The van der Waals surface area contributed by atoms with Crippen molar-refractivity contribution in [1.82, 2.24) is 25.4 Å². The van der Waals surface area contributed by atoms with Gasteiger partial charge in [-0.3, -0.25) is 19.2 Å². The Kier molecular flexibility index (Phi) is 9.22. The SMILES string of the molecule is CNC(=O)[C@@H](NC(=O)[C@@H]1CN(C(=O)c2scnc2C(C)(C)C)CC12CN(C(=O)[C@H]1CC1(C)C)C2)[C@@H](C)OCC1CCCCC1. The Labute approximate surface area is 266 Å². The zero-order valence-corrected chi connectivity index (χ0v) is 28.3. The summed E-state index contributed by atoms with van der Waals surface area (Å²) >= 11 is 1.33. The van der Waals surface area contributed by atoms with Crippen LogP contribution >= 0.6 is 11.3 Å². The highest BCUT2D eigenvalue weighted by Gasteiger charge is 2.62. The molecule has 2 aliphatic carbocycles. The van der Waals surface area contributed by atoms with E-state index in [2.05, 4.69) is 29.5 Å². The second kappa shape index (κ2) is 12.3. The number of rotatable bonds is 9. The summed E-state index contributed by atoms with van der Waals surface area (Å²) in [5.41, 5.74) is 1.59. The van der Waals surface area contributed by atoms with Gasteiger partial charge in [-0.1, -0.05) is 53.9 Å². The minimum atomic E-state index is -0.864. The van der Waals surface area contributed by atoms with Gasteiger partial charge in [-0.15, -0.1) is 11.3 Å². The first-order chi connectivity index (χ1) is 20.7. The number of ether oxygens (including phenoxy) is 1. The fourth-order valence-electron chi connectivity index (χ4n) is 7.40. The zero-order chi connectivity index (χ0) is 32.0. The summed E-state index contributed by atoms with van der Waals surface area (Å²) in [6.45, 7) is 14.2. The molecule has 2 aliphatic heterocycles. The maximum Gasteiger partial charge on any atom is 0.265 e. The predicted molar refractivity (Wildman–Crippen MR) is 169 cm³/mol. The number of amides is 4. The molecule has 44 heavy (non-hydrogen) atoms. The van der Waals surface area contributed by atoms with Crippen LogP contribution < -0.4 is 10.6 Å². The van der Waals surface area contributed by atoms with Crippen molar-refractivity contribution in [2.24, 2.45) is 28.6 Å². The Morgan fingerprint density at radius 3 is 2.30 bits per heavy atom. The van der Waals surface area contributed by atoms with E-state index in [4.69, 9.17) is 4.74 Å². The summed E-state index contributed by atoms with van der Waals surface area (Å²) in [5.74, 6) is -0.660. The van der Waals surface area contributed by atoms with Crippen LogP contribution in [0.5, 0.6) is 0 Å². The van der Waals surface area contributed by atoms with Gasteiger partial charge < -0.3 is 25.2 Å². The van der Waals surface area contributed by atoms with Gasteiger partial charge in [0.1, 0.15) is 10.9 Å². The number of nitrogens with one attached hydrogen (secondary N) is 2. The summed E-state index contributed by atoms with van der Waals surface area (Å²) in [7, 11) is 1.56. The van der Waals surface area contributed by atoms with Gasteiger partial charge in [0.05, 0.1) is 23.2 Å². The maximum absolute atomic E-state index is 14.1. The van der Waals surface area contributed by atoms with Gasteiger partial charge in [0.25, 0.3) is 5.91 Å². The van der Waals surface area contributed by atoms with Crippen LogP contribution in [0.2, 0.25) is 0 Å². The van der Waals surface area contributed by atoms with Crippen LogP contribution in [0.15, 0.2) is 5.51 Å². The Morgan fingerprint density at radius 1 is 1.07 bits per heavy atom. The number of nitrogens with zero attached hydrogens (tertiary/aromatic N) is 3. The minimum Gasteiger partial charge on any atom is -0.376 e. The van der Waals surface area contributed by atoms with Crippen molar-refractivity contribution >= 4 is 35.0 Å². The minimum absolute atomic E-state index is 0.0117. The number of aromatic nitrogens is 1. The lowest BCUT2D eigenvalue weighted by Gasteiger charge is -2.50. The lowest BCUT2D eigenvalue weighted by molar-refractivity contribution is -0.152. The number of likely N-dealkylation sites (N-methyl/N-ethyl adjacent to an activating group) is 1. The van der Waals surface area contributed by atoms with Crippen LogP contribution in [0.4, 0.5) is 0 Å². The number of hydrogen-bond donors (Lipinski definition) is 2. The molecule has 10 nitrogen and oxygen atoms in total. The molecule has 0 bridgehead atoms. The van der Waals surface area contributed by atoms with E-state index < -0.39 is 23.5 Å². The van der Waals surface area contributed by atoms with Crippen molar-refractivity contribution in [1.29, 1.82) is 0 Å². The molecule has 4 aliphatic rings. The Hall–Kier alpha value is -2.53. The molecule has 4 fully saturated rings. The highest BCUT2D eigenvalue weighted by molar-refractivity contribution is 7.11. The molecular weight excluding hydrogens is 578 g/mol. The number of carbonyl (C=O) groups is 4. The number of thiazole rings is 1. The lowest BCUT2D eigenvalue weighted by Crippen LogP contribution is -2.65. The average Bonchev–Trinajstić information content (AvgIpc) is 3.31. The summed E-state index contributed by atoms with van der Waals surface area (Å²) < 4.78 is 6.18. The van der Waals surface area contributed by atoms with Gasteiger partial charge in [-0.05, 0) is 37.5 Å². The van der Waals surface area contributed by atoms with Crippen LogP contribution in [0.3, 0.4) is 0 Å². The molecule has 0 unspecified atom stereocenters. The summed E-state index contributed by atoms with van der Waals surface area (Å²) in [5, 5.41) is 5.70. The Bertz CT molecular complexity index is 1260. The number of likely N-dealkylation sites (tertiary alicyclic amines) is 2. The smallest absolute Gasteiger partial charge is 0.265 e. The Balaban J connectivity index is 1.33. The van der Waals surface area contributed by atoms with E-state index in [1.807, 2.05) is 32.6 Å². The third-order valence-corrected chi connectivity index (χ3v) is 11.3. The van der Waals surface area contributed by atoms with Crippen molar-refractivity contribution in [3.63, 3.8) is 0 Å². The maximum atomic E-state index is 14.1. The molecule has 0 radical (unpaired) electrons. The Morgan fingerprint density at radius 2 is 1.70 bits per heavy atom. The lowest BCUT2D eigenvalue weighted by atomic mass is 9.70. The van der Waals surface area contributed by atoms with E-state index in [0.717, 1.165) is 25.0 Å². The number of hydrogen-bond acceptors (Lipinski definition) is 7. The summed E-state index contributed by atoms with van der Waals surface area (Å²) in [4.78, 5) is 63.0. The van der Waals surface area contributed by atoms with E-state index in [1.54, 1.807) is 17.5 Å². The second-order valence-electron chi connectivity index (χ2n) is 15.5. The van der Waals surface area contributed by atoms with E-state index in [9.17, 15) is 19.2 Å². The molecule has 11 heteroatoms. The zero-order valence-electron chi connectivity index (χ0n) is 27.5. The topological polar surface area (TPSA) is 121 Å². The molecule has 2 N–H and O–H groups in total. The van der Waals surface area contributed by atoms with Crippen molar-refractivity contribution in [2.45, 2.75) is 97.6 Å². The number of carbonyl (C=O) groups excluding carboxylic acids is 4. The third-order valence-electron chi connectivity index (χ3n) is 10.5. The highest BCUT2D eigenvalue weighted by Crippen LogP contribution is 2.54. The molecule has 1 aromatic rings. The average molecular weight is 630 g/mol. The van der Waals surface area contributed by atoms with Gasteiger partial charge in [-0.25, -0.2) is 4.98 Å². The van der Waals surface area contributed by atoms with Crippen LogP contribution in [-0.4, -0.2) is 90.4 Å². The second-order valence-corrected chi connectivity index (χ2v) is 16.3. The third kappa shape index (κ3) is 6.55. The predicted octanol–water partition coefficient (Wildman–Crippen LogP) is 3.60. The van der Waals surface area contributed by atoms with Gasteiger partial charge in [0, 0.05) is 56.6 Å². The van der Waals surface area contributed by atoms with Crippen molar-refractivity contribution in [2.75, 3.05) is 39.8 Å². The summed E-state index contributed by atoms with van der Waals surface area (Å²) in [6.07, 6.45) is 6.27. The van der Waals surface area contributed by atoms with Crippen LogP contribution in [0, 0.1) is 28.6 Å². The van der Waals surface area contributed by atoms with Gasteiger partial charge >= 0.3 is 0 Å². The molecule has 3 heterocycles. The van der Waals surface area contributed by atoms with E-state index in [-0.39, 0.29) is 46.9 Å². The largest absolute Gasteiger partial charge is 0.376 e. The first kappa shape index (κ1) is 32.9. The van der Waals surface area contributed by atoms with Gasteiger partial charge in [0.15, 0.2) is 0 Å². The highest BCUT2D eigenvalue weighted by atomic mass is 32.1. The van der Waals surface area contributed by atoms with E-state index in [1.165, 1.54) is 30.6 Å². The molecule has 0 aromatic carbocycles. The normalized spacial score (nSPS) is 25.7. The fourth-order valence-corrected chi connectivity index (χ4v) is 8.37. The molecule has 4 amide bonds. The van der Waals surface area contributed by atoms with Crippen LogP contribution in [-0.2, 0) is 24.5 Å². The van der Waals surface area contributed by atoms with Crippen molar-refractivity contribution in [3.8, 4) is 0 Å². The monoisotopic (exact) mass is 629 g/mol. The first-order valence-electron chi connectivity index (χ1n) is 16.3. The van der Waals surface area contributed by atoms with Crippen LogP contribution in [0.25, 0.3) is 0 Å². The molecule has 1 spiro atoms. The fraction of sp³-hybridized carbons (Fsp3) is 0.788. The van der Waals surface area contributed by atoms with E-state index >= 15 is 0 Å². The van der Waals surface area contributed by atoms with E-state index in [0.29, 0.717) is 37.0 Å². The van der Waals surface area contributed by atoms with Crippen molar-refractivity contribution < 1.29 is 23.9 Å². The summed E-state index contributed by atoms with van der Waals surface area (Å²) in [6, 6.07) is -0.864. The first-order valence-corrected chi connectivity index (χ1v) is 17.2. The van der Waals surface area contributed by atoms with Gasteiger partial charge in [0.2, 0.25) is 17.7 Å².